The van der Waals surface area contributed by atoms with E-state index in [1.165, 1.54) is 0 Å². The van der Waals surface area contributed by atoms with Gasteiger partial charge in [0.1, 0.15) is 10.8 Å². The standard InChI is InChI=1S/C24H26N4O3S/c29-22(17-31-21-9-5-2-6-10-21)25-15-23(30)28-13-11-27(12-14-28)16-20-18-32-24(26-20)19-7-3-1-4-8-19/h1-10,18H,11-17H2,(H,25,29). The van der Waals surface area contributed by atoms with Crippen LogP contribution in [0.2, 0.25) is 0 Å². The van der Waals surface area contributed by atoms with Gasteiger partial charge < -0.3 is 15.0 Å². The first kappa shape index (κ1) is 22.0. The van der Waals surface area contributed by atoms with E-state index in [2.05, 4.69) is 27.7 Å². The first-order chi connectivity index (χ1) is 15.7. The van der Waals surface area contributed by atoms with E-state index in [-0.39, 0.29) is 25.0 Å². The molecule has 7 nitrogen and oxygen atoms in total. The van der Waals surface area contributed by atoms with E-state index >= 15 is 0 Å². The van der Waals surface area contributed by atoms with Gasteiger partial charge in [0, 0.05) is 43.7 Å². The largest absolute Gasteiger partial charge is 0.484 e. The number of thiazole rings is 1. The normalized spacial score (nSPS) is 14.2. The molecule has 1 fully saturated rings. The first-order valence-electron chi connectivity index (χ1n) is 10.6. The van der Waals surface area contributed by atoms with E-state index in [0.29, 0.717) is 18.8 Å². The number of nitrogens with one attached hydrogen (secondary N) is 1. The average Bonchev–Trinajstić information content (AvgIpc) is 3.31. The summed E-state index contributed by atoms with van der Waals surface area (Å²) >= 11 is 1.66. The van der Waals surface area contributed by atoms with Gasteiger partial charge in [-0.2, -0.15) is 0 Å². The Hall–Kier alpha value is -3.23. The highest BCUT2D eigenvalue weighted by Gasteiger charge is 2.22. The average molecular weight is 451 g/mol. The quantitative estimate of drug-likeness (QED) is 0.571. The molecular weight excluding hydrogens is 424 g/mol. The minimum Gasteiger partial charge on any atom is -0.484 e. The van der Waals surface area contributed by atoms with Gasteiger partial charge in [-0.15, -0.1) is 11.3 Å². The van der Waals surface area contributed by atoms with Crippen molar-refractivity contribution in [1.29, 1.82) is 0 Å². The van der Waals surface area contributed by atoms with E-state index in [1.54, 1.807) is 28.4 Å². The maximum atomic E-state index is 12.4. The minimum atomic E-state index is -0.307. The second-order valence-electron chi connectivity index (χ2n) is 7.55. The Morgan fingerprint density at radius 1 is 0.969 bits per heavy atom. The molecule has 2 amide bonds. The van der Waals surface area contributed by atoms with E-state index in [1.807, 2.05) is 36.4 Å². The van der Waals surface area contributed by atoms with Crippen LogP contribution in [0.5, 0.6) is 5.75 Å². The Kier molecular flexibility index (Phi) is 7.47. The third kappa shape index (κ3) is 6.15. The van der Waals surface area contributed by atoms with Crippen LogP contribution in [0.1, 0.15) is 5.69 Å². The number of nitrogens with zero attached hydrogens (tertiary/aromatic N) is 3. The summed E-state index contributed by atoms with van der Waals surface area (Å²) in [5, 5.41) is 5.78. The molecule has 0 unspecified atom stereocenters. The number of aromatic nitrogens is 1. The Labute approximate surface area is 191 Å². The fraction of sp³-hybridized carbons (Fsp3) is 0.292. The number of ether oxygens (including phenoxy) is 1. The smallest absolute Gasteiger partial charge is 0.258 e. The molecule has 1 aromatic heterocycles. The van der Waals surface area contributed by atoms with Crippen molar-refractivity contribution < 1.29 is 14.3 Å². The molecule has 166 valence electrons. The number of carbonyl (C=O) groups is 2. The van der Waals surface area contributed by atoms with E-state index in [9.17, 15) is 9.59 Å². The molecule has 4 rings (SSSR count). The van der Waals surface area contributed by atoms with Crippen LogP contribution in [0.4, 0.5) is 0 Å². The molecule has 1 N–H and O–H groups in total. The number of rotatable bonds is 8. The highest BCUT2D eigenvalue weighted by atomic mass is 32.1. The molecule has 1 aliphatic heterocycles. The Morgan fingerprint density at radius 2 is 1.66 bits per heavy atom. The molecule has 0 aliphatic carbocycles. The zero-order valence-electron chi connectivity index (χ0n) is 17.8. The topological polar surface area (TPSA) is 74.8 Å². The number of hydrogen-bond acceptors (Lipinski definition) is 6. The van der Waals surface area contributed by atoms with Gasteiger partial charge in [0.15, 0.2) is 6.61 Å². The Morgan fingerprint density at radius 3 is 2.38 bits per heavy atom. The number of carbonyl (C=O) groups excluding carboxylic acids is 2. The molecule has 0 spiro atoms. The number of para-hydroxylation sites is 1. The molecule has 8 heteroatoms. The van der Waals surface area contributed by atoms with Crippen molar-refractivity contribution in [3.8, 4) is 16.3 Å². The van der Waals surface area contributed by atoms with Crippen molar-refractivity contribution in [3.63, 3.8) is 0 Å². The SMILES string of the molecule is O=C(COc1ccccc1)NCC(=O)N1CCN(Cc2csc(-c3ccccc3)n2)CC1. The summed E-state index contributed by atoms with van der Waals surface area (Å²) in [5.74, 6) is 0.248. The summed E-state index contributed by atoms with van der Waals surface area (Å²) in [7, 11) is 0. The van der Waals surface area contributed by atoms with Crippen LogP contribution in [0, 0.1) is 0 Å². The van der Waals surface area contributed by atoms with Gasteiger partial charge in [-0.1, -0.05) is 48.5 Å². The summed E-state index contributed by atoms with van der Waals surface area (Å²) in [6.07, 6.45) is 0. The predicted octanol–water partition coefficient (Wildman–Crippen LogP) is 2.65. The maximum Gasteiger partial charge on any atom is 0.258 e. The van der Waals surface area contributed by atoms with E-state index in [4.69, 9.17) is 9.72 Å². The lowest BCUT2D eigenvalue weighted by molar-refractivity contribution is -0.134. The monoisotopic (exact) mass is 450 g/mol. The van der Waals surface area contributed by atoms with Crippen molar-refractivity contribution in [1.82, 2.24) is 20.1 Å². The highest BCUT2D eigenvalue weighted by Crippen LogP contribution is 2.24. The molecule has 0 atom stereocenters. The summed E-state index contributed by atoms with van der Waals surface area (Å²) < 4.78 is 5.40. The van der Waals surface area contributed by atoms with Gasteiger partial charge in [0.05, 0.1) is 12.2 Å². The third-order valence-corrected chi connectivity index (χ3v) is 6.17. The summed E-state index contributed by atoms with van der Waals surface area (Å²) in [6, 6.07) is 19.3. The number of hydrogen-bond donors (Lipinski definition) is 1. The second kappa shape index (κ2) is 10.9. The first-order valence-corrected chi connectivity index (χ1v) is 11.5. The van der Waals surface area contributed by atoms with Crippen molar-refractivity contribution in [3.05, 3.63) is 71.7 Å². The summed E-state index contributed by atoms with van der Waals surface area (Å²) in [6.45, 7) is 3.52. The Bertz CT molecular complexity index is 1020. The number of amides is 2. The molecule has 3 aromatic rings. The fourth-order valence-corrected chi connectivity index (χ4v) is 4.30. The van der Waals surface area contributed by atoms with E-state index in [0.717, 1.165) is 35.9 Å². The van der Waals surface area contributed by atoms with Crippen LogP contribution in [0.3, 0.4) is 0 Å². The number of benzene rings is 2. The molecule has 32 heavy (non-hydrogen) atoms. The van der Waals surface area contributed by atoms with Crippen LogP contribution >= 0.6 is 11.3 Å². The van der Waals surface area contributed by atoms with Crippen LogP contribution in [-0.2, 0) is 16.1 Å². The van der Waals surface area contributed by atoms with E-state index < -0.39 is 0 Å². The van der Waals surface area contributed by atoms with Gasteiger partial charge in [-0.3, -0.25) is 14.5 Å². The lowest BCUT2D eigenvalue weighted by Crippen LogP contribution is -2.51. The minimum absolute atomic E-state index is 0.0104. The van der Waals surface area contributed by atoms with Crippen LogP contribution in [0.25, 0.3) is 10.6 Å². The van der Waals surface area contributed by atoms with Gasteiger partial charge >= 0.3 is 0 Å². The summed E-state index contributed by atoms with van der Waals surface area (Å²) in [4.78, 5) is 33.2. The maximum absolute atomic E-state index is 12.4. The molecule has 0 radical (unpaired) electrons. The molecule has 0 saturated carbocycles. The predicted molar refractivity (Wildman–Crippen MR) is 124 cm³/mol. The van der Waals surface area contributed by atoms with Gasteiger partial charge in [-0.25, -0.2) is 4.98 Å². The molecule has 1 saturated heterocycles. The zero-order valence-corrected chi connectivity index (χ0v) is 18.6. The highest BCUT2D eigenvalue weighted by molar-refractivity contribution is 7.13. The van der Waals surface area contributed by atoms with Crippen molar-refractivity contribution >= 4 is 23.2 Å². The molecule has 0 bridgehead atoms. The lowest BCUT2D eigenvalue weighted by atomic mass is 10.2. The number of piperazine rings is 1. The lowest BCUT2D eigenvalue weighted by Gasteiger charge is -2.34. The fourth-order valence-electron chi connectivity index (χ4n) is 3.48. The van der Waals surface area contributed by atoms with Crippen molar-refractivity contribution in [2.45, 2.75) is 6.54 Å². The summed E-state index contributed by atoms with van der Waals surface area (Å²) in [5.41, 5.74) is 2.19. The van der Waals surface area contributed by atoms with Crippen molar-refractivity contribution in [2.24, 2.45) is 0 Å². The van der Waals surface area contributed by atoms with Gasteiger partial charge in [0.25, 0.3) is 5.91 Å². The van der Waals surface area contributed by atoms with Crippen LogP contribution in [0.15, 0.2) is 66.0 Å². The van der Waals surface area contributed by atoms with Crippen LogP contribution in [-0.4, -0.2) is 65.9 Å². The molecular formula is C24H26N4O3S. The second-order valence-corrected chi connectivity index (χ2v) is 8.40. The zero-order chi connectivity index (χ0) is 22.2. The van der Waals surface area contributed by atoms with Gasteiger partial charge in [-0.05, 0) is 12.1 Å². The Balaban J connectivity index is 1.16. The molecule has 1 aliphatic rings. The third-order valence-electron chi connectivity index (χ3n) is 5.23. The molecule has 2 heterocycles. The molecule has 2 aromatic carbocycles. The van der Waals surface area contributed by atoms with Crippen LogP contribution < -0.4 is 10.1 Å². The van der Waals surface area contributed by atoms with Crippen molar-refractivity contribution in [2.75, 3.05) is 39.3 Å². The van der Waals surface area contributed by atoms with Gasteiger partial charge in [0.2, 0.25) is 5.91 Å².